The number of non-ortho nitro benzene ring substituents is 1. The summed E-state index contributed by atoms with van der Waals surface area (Å²) in [5.74, 6) is -5.39. The van der Waals surface area contributed by atoms with Gasteiger partial charge in [-0.15, -0.1) is 0 Å². The van der Waals surface area contributed by atoms with Gasteiger partial charge in [0.25, 0.3) is 5.69 Å². The van der Waals surface area contributed by atoms with Crippen LogP contribution in [0.5, 0.6) is 5.75 Å². The first-order valence-electron chi connectivity index (χ1n) is 7.48. The van der Waals surface area contributed by atoms with Crippen LogP contribution in [0, 0.1) is 15.9 Å². The van der Waals surface area contributed by atoms with Crippen molar-refractivity contribution in [3.63, 3.8) is 0 Å². The Hall–Kier alpha value is -3.02. The zero-order valence-corrected chi connectivity index (χ0v) is 14.6. The van der Waals surface area contributed by atoms with Gasteiger partial charge in [-0.25, -0.2) is 13.2 Å². The number of halogens is 5. The lowest BCUT2D eigenvalue weighted by atomic mass is 10.2. The molecule has 150 valence electrons. The molecular weight excluding hydrogens is 409 g/mol. The molecule has 0 saturated heterocycles. The van der Waals surface area contributed by atoms with Gasteiger partial charge in [-0.2, -0.15) is 8.78 Å². The summed E-state index contributed by atoms with van der Waals surface area (Å²) in [6.45, 7) is -1.67. The molecule has 0 aromatic heterocycles. The number of anilines is 2. The third-order valence-electron chi connectivity index (χ3n) is 3.19. The van der Waals surface area contributed by atoms with Crippen LogP contribution in [0.4, 0.5) is 39.0 Å². The SMILES string of the molecule is O=[N+]([O-])c1cc(NC(=S)Nc2cccc(F)c2)cc(OCC(F)(F)C(F)F)c1. The normalized spacial score (nSPS) is 11.2. The van der Waals surface area contributed by atoms with Crippen LogP contribution in [0.2, 0.25) is 0 Å². The highest BCUT2D eigenvalue weighted by Crippen LogP contribution is 2.29. The van der Waals surface area contributed by atoms with Crippen molar-refractivity contribution in [3.8, 4) is 5.75 Å². The zero-order valence-electron chi connectivity index (χ0n) is 13.8. The Kier molecular flexibility index (Phi) is 6.67. The van der Waals surface area contributed by atoms with Crippen molar-refractivity contribution < 1.29 is 31.6 Å². The van der Waals surface area contributed by atoms with Crippen LogP contribution in [-0.4, -0.2) is 29.0 Å². The molecule has 12 heteroatoms. The van der Waals surface area contributed by atoms with Crippen LogP contribution in [0.25, 0.3) is 0 Å². The molecule has 6 nitrogen and oxygen atoms in total. The average molecular weight is 421 g/mol. The summed E-state index contributed by atoms with van der Waals surface area (Å²) in [5.41, 5.74) is -0.289. The van der Waals surface area contributed by atoms with Crippen molar-refractivity contribution in [3.05, 3.63) is 58.4 Å². The van der Waals surface area contributed by atoms with Gasteiger partial charge in [0, 0.05) is 17.8 Å². The summed E-state index contributed by atoms with van der Waals surface area (Å²) in [5, 5.41) is 16.1. The van der Waals surface area contributed by atoms with Gasteiger partial charge >= 0.3 is 12.3 Å². The molecule has 0 amide bonds. The van der Waals surface area contributed by atoms with E-state index < -0.39 is 41.1 Å². The van der Waals surface area contributed by atoms with E-state index in [0.717, 1.165) is 24.3 Å². The molecule has 2 aromatic carbocycles. The lowest BCUT2D eigenvalue weighted by Gasteiger charge is -2.17. The number of thiocarbonyl (C=S) groups is 1. The molecule has 0 fully saturated rings. The second-order valence-corrected chi connectivity index (χ2v) is 5.82. The van der Waals surface area contributed by atoms with E-state index in [1.807, 2.05) is 0 Å². The highest BCUT2D eigenvalue weighted by atomic mass is 32.1. The lowest BCUT2D eigenvalue weighted by Crippen LogP contribution is -2.33. The molecule has 0 bridgehead atoms. The molecule has 0 aliphatic rings. The Balaban J connectivity index is 2.15. The maximum absolute atomic E-state index is 13.2. The molecule has 0 radical (unpaired) electrons. The first-order chi connectivity index (χ1) is 13.1. The van der Waals surface area contributed by atoms with Gasteiger partial charge < -0.3 is 15.4 Å². The highest BCUT2D eigenvalue weighted by Gasteiger charge is 2.41. The van der Waals surface area contributed by atoms with Crippen molar-refractivity contribution in [2.45, 2.75) is 12.3 Å². The number of ether oxygens (including phenoxy) is 1. The van der Waals surface area contributed by atoms with Gasteiger partial charge in [0.05, 0.1) is 16.7 Å². The van der Waals surface area contributed by atoms with E-state index in [1.54, 1.807) is 0 Å². The number of nitrogens with one attached hydrogen (secondary N) is 2. The Labute approximate surface area is 160 Å². The highest BCUT2D eigenvalue weighted by molar-refractivity contribution is 7.80. The van der Waals surface area contributed by atoms with Crippen LogP contribution >= 0.6 is 12.2 Å². The standard InChI is InChI=1S/C16H12F5N3O3S/c17-9-2-1-3-10(4-9)22-15(28)23-11-5-12(24(25)26)7-13(6-11)27-8-16(20,21)14(18)19/h1-7,14H,8H2,(H2,22,23,28). The summed E-state index contributed by atoms with van der Waals surface area (Å²) in [7, 11) is 0. The Morgan fingerprint density at radius 1 is 1.18 bits per heavy atom. The topological polar surface area (TPSA) is 76.4 Å². The second-order valence-electron chi connectivity index (χ2n) is 5.41. The Bertz CT molecular complexity index is 882. The first-order valence-corrected chi connectivity index (χ1v) is 7.89. The first kappa shape index (κ1) is 21.3. The third-order valence-corrected chi connectivity index (χ3v) is 3.40. The summed E-state index contributed by atoms with van der Waals surface area (Å²) in [4.78, 5) is 10.2. The van der Waals surface area contributed by atoms with Crippen LogP contribution in [0.3, 0.4) is 0 Å². The number of nitro benzene ring substituents is 1. The largest absolute Gasteiger partial charge is 0.487 e. The Morgan fingerprint density at radius 2 is 1.86 bits per heavy atom. The molecule has 0 aliphatic heterocycles. The monoisotopic (exact) mass is 421 g/mol. The van der Waals surface area contributed by atoms with Gasteiger partial charge in [-0.1, -0.05) is 6.07 Å². The summed E-state index contributed by atoms with van der Waals surface area (Å²) < 4.78 is 68.2. The minimum atomic E-state index is -4.42. The molecule has 2 N–H and O–H groups in total. The number of nitrogens with zero attached hydrogens (tertiary/aromatic N) is 1. The second kappa shape index (κ2) is 8.78. The number of rotatable bonds is 7. The van der Waals surface area contributed by atoms with Gasteiger partial charge in [0.1, 0.15) is 11.6 Å². The van der Waals surface area contributed by atoms with E-state index in [9.17, 15) is 32.1 Å². The predicted octanol–water partition coefficient (Wildman–Crippen LogP) is 4.82. The molecule has 0 saturated carbocycles. The van der Waals surface area contributed by atoms with Crippen LogP contribution in [-0.2, 0) is 0 Å². The van der Waals surface area contributed by atoms with E-state index in [1.165, 1.54) is 18.2 Å². The maximum Gasteiger partial charge on any atom is 0.340 e. The van der Waals surface area contributed by atoms with E-state index in [2.05, 4.69) is 15.4 Å². The van der Waals surface area contributed by atoms with E-state index in [4.69, 9.17) is 12.2 Å². The number of alkyl halides is 4. The van der Waals surface area contributed by atoms with Crippen LogP contribution in [0.1, 0.15) is 0 Å². The molecule has 0 aliphatic carbocycles. The number of hydrogen-bond donors (Lipinski definition) is 2. The van der Waals surface area contributed by atoms with E-state index in [0.29, 0.717) is 0 Å². The number of hydrogen-bond acceptors (Lipinski definition) is 4. The van der Waals surface area contributed by atoms with Crippen LogP contribution < -0.4 is 15.4 Å². The maximum atomic E-state index is 13.2. The Morgan fingerprint density at radius 3 is 2.46 bits per heavy atom. The van der Waals surface area contributed by atoms with Gasteiger partial charge in [0.2, 0.25) is 0 Å². The van der Waals surface area contributed by atoms with Crippen molar-refractivity contribution in [2.75, 3.05) is 17.2 Å². The summed E-state index contributed by atoms with van der Waals surface area (Å²) >= 11 is 5.00. The molecule has 0 heterocycles. The summed E-state index contributed by atoms with van der Waals surface area (Å²) in [6.07, 6.45) is -3.95. The van der Waals surface area contributed by atoms with Gasteiger partial charge in [-0.3, -0.25) is 10.1 Å². The van der Waals surface area contributed by atoms with Gasteiger partial charge in [-0.05, 0) is 30.4 Å². The lowest BCUT2D eigenvalue weighted by molar-refractivity contribution is -0.384. The van der Waals surface area contributed by atoms with Crippen molar-refractivity contribution >= 4 is 34.4 Å². The molecule has 2 rings (SSSR count). The van der Waals surface area contributed by atoms with Crippen molar-refractivity contribution in [2.24, 2.45) is 0 Å². The number of nitro groups is 1. The zero-order chi connectivity index (χ0) is 20.9. The van der Waals surface area contributed by atoms with Crippen molar-refractivity contribution in [1.29, 1.82) is 0 Å². The molecule has 0 spiro atoms. The number of benzene rings is 2. The fourth-order valence-electron chi connectivity index (χ4n) is 1.95. The van der Waals surface area contributed by atoms with Gasteiger partial charge in [0.15, 0.2) is 11.7 Å². The smallest absolute Gasteiger partial charge is 0.340 e. The molecular formula is C16H12F5N3O3S. The fourth-order valence-corrected chi connectivity index (χ4v) is 2.18. The average Bonchev–Trinajstić information content (AvgIpc) is 2.59. The van der Waals surface area contributed by atoms with Crippen LogP contribution in [0.15, 0.2) is 42.5 Å². The molecule has 28 heavy (non-hydrogen) atoms. The van der Waals surface area contributed by atoms with E-state index >= 15 is 0 Å². The predicted molar refractivity (Wildman–Crippen MR) is 95.8 cm³/mol. The quantitative estimate of drug-likeness (QED) is 0.289. The molecule has 0 unspecified atom stereocenters. The minimum Gasteiger partial charge on any atom is -0.487 e. The third kappa shape index (κ3) is 6.01. The van der Waals surface area contributed by atoms with Crippen molar-refractivity contribution in [1.82, 2.24) is 0 Å². The fraction of sp³-hybridized carbons (Fsp3) is 0.188. The van der Waals surface area contributed by atoms with E-state index in [-0.39, 0.29) is 16.5 Å². The minimum absolute atomic E-state index is 0.0292. The molecule has 0 atom stereocenters. The molecule has 2 aromatic rings. The summed E-state index contributed by atoms with van der Waals surface area (Å²) in [6, 6.07) is 8.17.